The summed E-state index contributed by atoms with van der Waals surface area (Å²) in [5, 5.41) is 17.4. The molecular formula is C23H27N5O5S3. The molecule has 0 radical (unpaired) electrons. The number of fused-ring (bicyclic) bond motifs is 1. The fourth-order valence-electron chi connectivity index (χ4n) is 3.57. The molecular weight excluding hydrogens is 522 g/mol. The maximum Gasteiger partial charge on any atom is 0.281 e. The van der Waals surface area contributed by atoms with Crippen LogP contribution in [0.2, 0.25) is 0 Å². The highest BCUT2D eigenvalue weighted by atomic mass is 32.2. The molecule has 0 aliphatic carbocycles. The first-order valence-corrected chi connectivity index (χ1v) is 15.7. The summed E-state index contributed by atoms with van der Waals surface area (Å²) in [6.45, 7) is 6.46. The molecule has 1 aromatic carbocycles. The Kier molecular flexibility index (Phi) is 6.60. The number of hydrogen-bond donors (Lipinski definition) is 2. The van der Waals surface area contributed by atoms with Gasteiger partial charge in [0.15, 0.2) is 11.6 Å². The lowest BCUT2D eigenvalue weighted by Gasteiger charge is -2.20. The van der Waals surface area contributed by atoms with Crippen molar-refractivity contribution in [3.8, 4) is 16.3 Å². The van der Waals surface area contributed by atoms with Gasteiger partial charge in [0.05, 0.1) is 31.4 Å². The van der Waals surface area contributed by atoms with E-state index in [0.29, 0.717) is 17.8 Å². The first-order valence-electron chi connectivity index (χ1n) is 11.0. The highest BCUT2D eigenvalue weighted by Gasteiger charge is 2.28. The fraction of sp³-hybridized carbons (Fsp3) is 0.348. The quantitative estimate of drug-likeness (QED) is 0.475. The molecule has 3 heterocycles. The Balaban J connectivity index is 1.92. The molecule has 0 unspecified atom stereocenters. The normalized spacial score (nSPS) is 17.8. The van der Waals surface area contributed by atoms with E-state index in [4.69, 9.17) is 0 Å². The predicted octanol–water partition coefficient (Wildman–Crippen LogP) is 4.03. The van der Waals surface area contributed by atoms with Crippen LogP contribution < -0.4 is 10.3 Å². The third-order valence-electron chi connectivity index (χ3n) is 5.34. The molecule has 13 heteroatoms. The molecule has 4 rings (SSSR count). The van der Waals surface area contributed by atoms with E-state index in [1.165, 1.54) is 40.5 Å². The van der Waals surface area contributed by atoms with E-state index >= 15 is 0 Å². The summed E-state index contributed by atoms with van der Waals surface area (Å²) < 4.78 is 44.7. The van der Waals surface area contributed by atoms with Gasteiger partial charge in [-0.2, -0.15) is 9.46 Å². The van der Waals surface area contributed by atoms with E-state index in [1.54, 1.807) is 6.07 Å². The Morgan fingerprint density at radius 3 is 2.56 bits per heavy atom. The highest BCUT2D eigenvalue weighted by Crippen LogP contribution is 2.37. The molecule has 0 spiro atoms. The summed E-state index contributed by atoms with van der Waals surface area (Å²) >= 11 is 1.36. The SMILES string of the molecule is CC(C)(C)CCn1nc(-c2cccs2)c(O)c(C2=Nc3ccc(NS(C)(=O)=O)cc3[S@](C)(=O)=N2)c1=O. The lowest BCUT2D eigenvalue weighted by atomic mass is 9.92. The molecule has 192 valence electrons. The topological polar surface area (TPSA) is 143 Å². The number of aliphatic imine (C=N–C) groups is 1. The number of thiophene rings is 1. The van der Waals surface area contributed by atoms with Crippen molar-refractivity contribution < 1.29 is 17.7 Å². The van der Waals surface area contributed by atoms with Crippen molar-refractivity contribution in [2.75, 3.05) is 17.2 Å². The van der Waals surface area contributed by atoms with Gasteiger partial charge in [-0.1, -0.05) is 26.8 Å². The molecule has 1 atom stereocenters. The van der Waals surface area contributed by atoms with Crippen molar-refractivity contribution in [2.45, 2.75) is 38.6 Å². The minimum atomic E-state index is -3.55. The van der Waals surface area contributed by atoms with Crippen LogP contribution in [0.15, 0.2) is 54.8 Å². The van der Waals surface area contributed by atoms with Gasteiger partial charge in [0.1, 0.15) is 11.3 Å². The van der Waals surface area contributed by atoms with Crippen molar-refractivity contribution in [1.29, 1.82) is 0 Å². The van der Waals surface area contributed by atoms with Crippen LogP contribution in [-0.2, 0) is 26.3 Å². The Labute approximate surface area is 214 Å². The van der Waals surface area contributed by atoms with Crippen molar-refractivity contribution in [2.24, 2.45) is 14.8 Å². The zero-order valence-corrected chi connectivity index (χ0v) is 22.9. The number of anilines is 1. The van der Waals surface area contributed by atoms with Gasteiger partial charge in [-0.25, -0.2) is 22.3 Å². The van der Waals surface area contributed by atoms with E-state index in [1.807, 2.05) is 11.4 Å². The smallest absolute Gasteiger partial charge is 0.281 e. The van der Waals surface area contributed by atoms with Crippen LogP contribution in [0.4, 0.5) is 11.4 Å². The van der Waals surface area contributed by atoms with Crippen LogP contribution in [0.1, 0.15) is 32.8 Å². The summed E-state index contributed by atoms with van der Waals surface area (Å²) in [5.41, 5.74) is -0.136. The van der Waals surface area contributed by atoms with Gasteiger partial charge < -0.3 is 5.11 Å². The highest BCUT2D eigenvalue weighted by molar-refractivity contribution is 7.93. The second-order valence-corrected chi connectivity index (χ2v) is 14.7. The first-order chi connectivity index (χ1) is 16.6. The first kappa shape index (κ1) is 26.0. The van der Waals surface area contributed by atoms with E-state index in [9.17, 15) is 22.5 Å². The molecule has 0 amide bonds. The molecule has 0 fully saturated rings. The Hall–Kier alpha value is -3.03. The molecule has 3 aromatic rings. The number of aromatic hydroxyl groups is 1. The average Bonchev–Trinajstić information content (AvgIpc) is 3.26. The van der Waals surface area contributed by atoms with Crippen LogP contribution in [0.25, 0.3) is 10.6 Å². The fourth-order valence-corrected chi connectivity index (χ4v) is 6.25. The lowest BCUT2D eigenvalue weighted by Crippen LogP contribution is -2.31. The van der Waals surface area contributed by atoms with E-state index < -0.39 is 25.3 Å². The number of amidine groups is 1. The van der Waals surface area contributed by atoms with Gasteiger partial charge in [0, 0.05) is 18.5 Å². The number of hydrogen-bond acceptors (Lipinski definition) is 9. The molecule has 2 aromatic heterocycles. The number of nitrogens with one attached hydrogen (secondary N) is 1. The van der Waals surface area contributed by atoms with E-state index in [0.717, 1.165) is 6.26 Å². The third kappa shape index (κ3) is 5.52. The number of rotatable bonds is 6. The second kappa shape index (κ2) is 9.12. The van der Waals surface area contributed by atoms with Crippen molar-refractivity contribution in [3.05, 3.63) is 51.6 Å². The van der Waals surface area contributed by atoms with Crippen LogP contribution >= 0.6 is 11.3 Å². The number of benzene rings is 1. The van der Waals surface area contributed by atoms with Crippen molar-refractivity contribution >= 4 is 48.3 Å². The Bertz CT molecular complexity index is 1660. The van der Waals surface area contributed by atoms with Crippen LogP contribution in [0.3, 0.4) is 0 Å². The minimum Gasteiger partial charge on any atom is -0.505 e. The van der Waals surface area contributed by atoms with E-state index in [2.05, 4.69) is 39.9 Å². The minimum absolute atomic E-state index is 0.0661. The monoisotopic (exact) mass is 549 g/mol. The molecule has 0 saturated carbocycles. The maximum atomic E-state index is 13.6. The number of sulfonamides is 1. The standard InChI is InChI=1S/C23H27N5O5S3/c1-23(2,3)10-11-28-22(30)18(20(29)19(25-28)16-7-6-12-34-16)21-24-15-9-8-14(26-36(5,32)33)13-17(15)35(4,31)27-21/h6-9,12-13,26,29H,10-11H2,1-5H3/t35-/m0/s1. The summed E-state index contributed by atoms with van der Waals surface area (Å²) in [7, 11) is -6.68. The summed E-state index contributed by atoms with van der Waals surface area (Å²) in [4.78, 5) is 18.8. The zero-order valence-electron chi connectivity index (χ0n) is 20.5. The zero-order chi connectivity index (χ0) is 26.5. The molecule has 0 saturated heterocycles. The molecule has 0 bridgehead atoms. The van der Waals surface area contributed by atoms with Crippen molar-refractivity contribution in [3.63, 3.8) is 0 Å². The van der Waals surface area contributed by atoms with Crippen LogP contribution in [0, 0.1) is 5.41 Å². The van der Waals surface area contributed by atoms with Gasteiger partial charge in [-0.15, -0.1) is 11.3 Å². The molecule has 2 N–H and O–H groups in total. The third-order valence-corrected chi connectivity index (χ3v) is 8.49. The maximum absolute atomic E-state index is 13.6. The summed E-state index contributed by atoms with van der Waals surface area (Å²) in [5.74, 6) is -0.544. The van der Waals surface area contributed by atoms with Crippen molar-refractivity contribution in [1.82, 2.24) is 9.78 Å². The average molecular weight is 550 g/mol. The van der Waals surface area contributed by atoms with Crippen LogP contribution in [0.5, 0.6) is 5.75 Å². The molecule has 1 aliphatic rings. The van der Waals surface area contributed by atoms with Gasteiger partial charge in [-0.3, -0.25) is 9.52 Å². The van der Waals surface area contributed by atoms with Crippen LogP contribution in [-0.4, -0.2) is 45.9 Å². The number of aromatic nitrogens is 2. The number of aryl methyl sites for hydroxylation is 1. The summed E-state index contributed by atoms with van der Waals surface area (Å²) in [6, 6.07) is 7.98. The predicted molar refractivity (Wildman–Crippen MR) is 143 cm³/mol. The van der Waals surface area contributed by atoms with Gasteiger partial charge in [0.2, 0.25) is 10.0 Å². The van der Waals surface area contributed by atoms with E-state index in [-0.39, 0.29) is 44.5 Å². The Morgan fingerprint density at radius 2 is 1.94 bits per heavy atom. The van der Waals surface area contributed by atoms with Gasteiger partial charge in [0.25, 0.3) is 5.56 Å². The molecule has 36 heavy (non-hydrogen) atoms. The largest absolute Gasteiger partial charge is 0.505 e. The van der Waals surface area contributed by atoms with Gasteiger partial charge in [-0.05, 0) is 41.5 Å². The Morgan fingerprint density at radius 1 is 1.22 bits per heavy atom. The molecule has 1 aliphatic heterocycles. The summed E-state index contributed by atoms with van der Waals surface area (Å²) in [6.07, 6.45) is 3.04. The molecule has 10 nitrogen and oxygen atoms in total. The number of nitrogens with zero attached hydrogens (tertiary/aromatic N) is 4. The van der Waals surface area contributed by atoms with Gasteiger partial charge >= 0.3 is 0 Å². The second-order valence-electron chi connectivity index (χ2n) is 9.77. The lowest BCUT2D eigenvalue weighted by molar-refractivity contribution is 0.335.